The first-order valence-corrected chi connectivity index (χ1v) is 13.3. The molecule has 4 aromatic carbocycles. The van der Waals surface area contributed by atoms with E-state index in [-0.39, 0.29) is 24.2 Å². The highest BCUT2D eigenvalue weighted by atomic mass is 16.2. The van der Waals surface area contributed by atoms with Crippen molar-refractivity contribution in [3.05, 3.63) is 143 Å². The molecule has 194 valence electrons. The van der Waals surface area contributed by atoms with Crippen LogP contribution in [0, 0.1) is 6.92 Å². The Labute approximate surface area is 226 Å². The lowest BCUT2D eigenvalue weighted by molar-refractivity contribution is -0.141. The topological polar surface area (TPSA) is 49.4 Å². The summed E-state index contributed by atoms with van der Waals surface area (Å²) < 4.78 is 0. The minimum Gasteiger partial charge on any atom is -0.355 e. The van der Waals surface area contributed by atoms with Gasteiger partial charge in [0.25, 0.3) is 0 Å². The van der Waals surface area contributed by atoms with E-state index in [2.05, 4.69) is 35.6 Å². The Hall–Kier alpha value is -4.18. The van der Waals surface area contributed by atoms with Gasteiger partial charge in [-0.05, 0) is 36.1 Å². The lowest BCUT2D eigenvalue weighted by Crippen LogP contribution is -2.50. The SMILES string of the molecule is CCNC(=O)C(Cc1ccccc1)N(Cc1cccc(C)c1)C(=O)CC(c1ccccc1)c1ccccc1. The second kappa shape index (κ2) is 13.4. The van der Waals surface area contributed by atoms with Crippen LogP contribution in [0.2, 0.25) is 0 Å². The van der Waals surface area contributed by atoms with Crippen molar-refractivity contribution in [3.8, 4) is 0 Å². The van der Waals surface area contributed by atoms with E-state index in [1.165, 1.54) is 0 Å². The van der Waals surface area contributed by atoms with Crippen LogP contribution in [0.4, 0.5) is 0 Å². The minimum atomic E-state index is -0.627. The monoisotopic (exact) mass is 504 g/mol. The third-order valence-corrected chi connectivity index (χ3v) is 6.84. The summed E-state index contributed by atoms with van der Waals surface area (Å²) in [6.07, 6.45) is 0.718. The smallest absolute Gasteiger partial charge is 0.243 e. The maximum absolute atomic E-state index is 14.3. The molecule has 0 aliphatic carbocycles. The molecule has 0 radical (unpaired) electrons. The fourth-order valence-electron chi connectivity index (χ4n) is 4.94. The molecular weight excluding hydrogens is 468 g/mol. The van der Waals surface area contributed by atoms with Gasteiger partial charge in [0, 0.05) is 31.8 Å². The molecule has 0 bridgehead atoms. The van der Waals surface area contributed by atoms with Crippen molar-refractivity contribution < 1.29 is 9.59 Å². The van der Waals surface area contributed by atoms with E-state index in [1.807, 2.05) is 98.8 Å². The standard InChI is InChI=1S/C34H36N2O2/c1-3-35-34(38)32(23-27-15-7-4-8-16-27)36(25-28-17-13-14-26(2)22-28)33(37)24-31(29-18-9-5-10-19-29)30-20-11-6-12-21-30/h4-22,31-32H,3,23-25H2,1-2H3,(H,35,38). The lowest BCUT2D eigenvalue weighted by Gasteiger charge is -2.33. The zero-order valence-electron chi connectivity index (χ0n) is 22.2. The number of amides is 2. The molecule has 4 aromatic rings. The van der Waals surface area contributed by atoms with Crippen LogP contribution in [0.25, 0.3) is 0 Å². The number of likely N-dealkylation sites (N-methyl/N-ethyl adjacent to an activating group) is 1. The number of rotatable bonds is 11. The van der Waals surface area contributed by atoms with Gasteiger partial charge in [-0.2, -0.15) is 0 Å². The number of hydrogen-bond donors (Lipinski definition) is 1. The minimum absolute atomic E-state index is 0.0450. The number of benzene rings is 4. The second-order valence-electron chi connectivity index (χ2n) is 9.69. The van der Waals surface area contributed by atoms with Crippen LogP contribution in [0.5, 0.6) is 0 Å². The number of carbonyl (C=O) groups excluding carboxylic acids is 2. The van der Waals surface area contributed by atoms with Gasteiger partial charge in [-0.15, -0.1) is 0 Å². The van der Waals surface area contributed by atoms with E-state index in [4.69, 9.17) is 0 Å². The summed E-state index contributed by atoms with van der Waals surface area (Å²) in [5, 5.41) is 2.98. The van der Waals surface area contributed by atoms with Crippen molar-refractivity contribution >= 4 is 11.8 Å². The molecule has 0 fully saturated rings. The molecule has 0 heterocycles. The summed E-state index contributed by atoms with van der Waals surface area (Å²) in [4.78, 5) is 29.5. The molecule has 4 nitrogen and oxygen atoms in total. The van der Waals surface area contributed by atoms with Crippen LogP contribution < -0.4 is 5.32 Å². The highest BCUT2D eigenvalue weighted by Gasteiger charge is 2.32. The normalized spacial score (nSPS) is 11.7. The largest absolute Gasteiger partial charge is 0.355 e. The van der Waals surface area contributed by atoms with Gasteiger partial charge in [0.1, 0.15) is 6.04 Å². The van der Waals surface area contributed by atoms with E-state index in [1.54, 1.807) is 4.90 Å². The molecule has 0 spiro atoms. The molecule has 0 aliphatic rings. The molecule has 0 saturated heterocycles. The fourth-order valence-corrected chi connectivity index (χ4v) is 4.94. The van der Waals surface area contributed by atoms with E-state index < -0.39 is 6.04 Å². The van der Waals surface area contributed by atoms with Crippen LogP contribution in [0.3, 0.4) is 0 Å². The van der Waals surface area contributed by atoms with Crippen molar-refractivity contribution in [1.29, 1.82) is 0 Å². The number of carbonyl (C=O) groups is 2. The average Bonchev–Trinajstić information content (AvgIpc) is 2.95. The Morgan fingerprint density at radius 2 is 1.29 bits per heavy atom. The Bertz CT molecular complexity index is 1270. The summed E-state index contributed by atoms with van der Waals surface area (Å²) in [5.41, 5.74) is 5.32. The van der Waals surface area contributed by atoms with Gasteiger partial charge in [-0.1, -0.05) is 121 Å². The molecule has 4 heteroatoms. The highest BCUT2D eigenvalue weighted by molar-refractivity contribution is 5.88. The quantitative estimate of drug-likeness (QED) is 0.261. The number of aryl methyl sites for hydroxylation is 1. The maximum atomic E-state index is 14.3. The first-order chi connectivity index (χ1) is 18.5. The number of nitrogens with zero attached hydrogens (tertiary/aromatic N) is 1. The highest BCUT2D eigenvalue weighted by Crippen LogP contribution is 2.30. The predicted octanol–water partition coefficient (Wildman–Crippen LogP) is 6.29. The molecule has 2 amide bonds. The molecule has 0 aromatic heterocycles. The summed E-state index contributed by atoms with van der Waals surface area (Å²) in [7, 11) is 0. The van der Waals surface area contributed by atoms with Gasteiger partial charge < -0.3 is 10.2 Å². The Morgan fingerprint density at radius 1 is 0.737 bits per heavy atom. The zero-order valence-corrected chi connectivity index (χ0v) is 22.2. The Morgan fingerprint density at radius 3 is 1.84 bits per heavy atom. The fraction of sp³-hybridized carbons (Fsp3) is 0.235. The van der Waals surface area contributed by atoms with Crippen molar-refractivity contribution in [3.63, 3.8) is 0 Å². The average molecular weight is 505 g/mol. The summed E-state index contributed by atoms with van der Waals surface area (Å²) in [5.74, 6) is -0.291. The summed E-state index contributed by atoms with van der Waals surface area (Å²) in [6, 6.07) is 37.7. The molecule has 4 rings (SSSR count). The van der Waals surface area contributed by atoms with Crippen LogP contribution in [0.15, 0.2) is 115 Å². The van der Waals surface area contributed by atoms with Crippen LogP contribution in [0.1, 0.15) is 47.1 Å². The number of hydrogen-bond acceptors (Lipinski definition) is 2. The molecular formula is C34H36N2O2. The van der Waals surface area contributed by atoms with Crippen molar-refractivity contribution in [2.45, 2.75) is 45.2 Å². The van der Waals surface area contributed by atoms with Gasteiger partial charge in [0.05, 0.1) is 0 Å². The maximum Gasteiger partial charge on any atom is 0.243 e. The van der Waals surface area contributed by atoms with E-state index in [0.717, 1.165) is 27.8 Å². The molecule has 38 heavy (non-hydrogen) atoms. The van der Waals surface area contributed by atoms with Gasteiger partial charge in [0.2, 0.25) is 11.8 Å². The summed E-state index contributed by atoms with van der Waals surface area (Å²) >= 11 is 0. The van der Waals surface area contributed by atoms with Crippen molar-refractivity contribution in [2.24, 2.45) is 0 Å². The third kappa shape index (κ3) is 7.19. The molecule has 1 N–H and O–H groups in total. The molecule has 0 saturated carbocycles. The lowest BCUT2D eigenvalue weighted by atomic mass is 9.87. The van der Waals surface area contributed by atoms with E-state index in [0.29, 0.717) is 19.5 Å². The Balaban J connectivity index is 1.72. The van der Waals surface area contributed by atoms with Gasteiger partial charge in [-0.25, -0.2) is 0 Å². The van der Waals surface area contributed by atoms with Crippen molar-refractivity contribution in [2.75, 3.05) is 6.54 Å². The van der Waals surface area contributed by atoms with E-state index in [9.17, 15) is 9.59 Å². The molecule has 1 unspecified atom stereocenters. The third-order valence-electron chi connectivity index (χ3n) is 6.84. The van der Waals surface area contributed by atoms with E-state index >= 15 is 0 Å². The molecule has 1 atom stereocenters. The second-order valence-corrected chi connectivity index (χ2v) is 9.69. The summed E-state index contributed by atoms with van der Waals surface area (Å²) in [6.45, 7) is 4.82. The predicted molar refractivity (Wildman–Crippen MR) is 154 cm³/mol. The van der Waals surface area contributed by atoms with Crippen molar-refractivity contribution in [1.82, 2.24) is 10.2 Å². The van der Waals surface area contributed by atoms with Gasteiger partial charge in [0.15, 0.2) is 0 Å². The van der Waals surface area contributed by atoms with Crippen LogP contribution in [-0.2, 0) is 22.6 Å². The molecule has 0 aliphatic heterocycles. The zero-order chi connectivity index (χ0) is 26.7. The van der Waals surface area contributed by atoms with Gasteiger partial charge >= 0.3 is 0 Å². The number of nitrogens with one attached hydrogen (secondary N) is 1. The van der Waals surface area contributed by atoms with Gasteiger partial charge in [-0.3, -0.25) is 9.59 Å². The Kier molecular flexibility index (Phi) is 9.47. The van der Waals surface area contributed by atoms with Crippen LogP contribution in [-0.4, -0.2) is 29.3 Å². The first kappa shape index (κ1) is 26.9. The first-order valence-electron chi connectivity index (χ1n) is 13.3. The van der Waals surface area contributed by atoms with Crippen LogP contribution >= 0.6 is 0 Å².